The van der Waals surface area contributed by atoms with Crippen LogP contribution < -0.4 is 11.1 Å². The van der Waals surface area contributed by atoms with E-state index in [1.54, 1.807) is 13.8 Å². The molecule has 7 heteroatoms. The molecule has 0 rings (SSSR count). The molecule has 6 nitrogen and oxygen atoms in total. The summed E-state index contributed by atoms with van der Waals surface area (Å²) in [4.78, 5) is 28.7. The molecule has 0 bridgehead atoms. The van der Waals surface area contributed by atoms with Crippen LogP contribution in [-0.4, -0.2) is 27.5 Å². The lowest BCUT2D eigenvalue weighted by Gasteiger charge is -2.20. The summed E-state index contributed by atoms with van der Waals surface area (Å²) in [5.74, 6) is -1.81. The summed E-state index contributed by atoms with van der Waals surface area (Å²) < 4.78 is 10.7. The fourth-order valence-electron chi connectivity index (χ4n) is 0.689. The third kappa shape index (κ3) is 4.19. The van der Waals surface area contributed by atoms with E-state index in [1.165, 1.54) is 6.92 Å². The number of nitrogens with one attached hydrogen (secondary N) is 1. The first kappa shape index (κ1) is 13.6. The molecule has 0 aromatic rings. The predicted octanol–water partition coefficient (Wildman–Crippen LogP) is -0.390. The second-order valence-corrected chi connectivity index (χ2v) is 5.50. The second-order valence-electron chi connectivity index (χ2n) is 3.54. The van der Waals surface area contributed by atoms with Crippen molar-refractivity contribution in [1.82, 2.24) is 5.32 Å². The van der Waals surface area contributed by atoms with Crippen molar-refractivity contribution in [1.29, 1.82) is 0 Å². The van der Waals surface area contributed by atoms with Gasteiger partial charge >= 0.3 is 7.60 Å². The fourth-order valence-corrected chi connectivity index (χ4v) is 0.984. The van der Waals surface area contributed by atoms with Crippen LogP contribution in [0.25, 0.3) is 0 Å². The van der Waals surface area contributed by atoms with Gasteiger partial charge in [0, 0.05) is 0 Å². The number of hydrogen-bond donors (Lipinski definition) is 4. The van der Waals surface area contributed by atoms with Gasteiger partial charge in [-0.05, 0) is 12.8 Å². The Morgan fingerprint density at radius 3 is 2.07 bits per heavy atom. The van der Waals surface area contributed by atoms with Gasteiger partial charge in [-0.15, -0.1) is 0 Å². The predicted molar refractivity (Wildman–Crippen MR) is 52.5 cm³/mol. The summed E-state index contributed by atoms with van der Waals surface area (Å²) in [5.41, 5.74) is 5.49. The molecule has 84 valence electrons. The number of nitrogens with two attached hydrogens (primary N) is 1. The zero-order valence-corrected chi connectivity index (χ0v) is 9.36. The smallest absolute Gasteiger partial charge is 0.341 e. The second kappa shape index (κ2) is 4.89. The van der Waals surface area contributed by atoms with Gasteiger partial charge in [-0.2, -0.15) is 0 Å². The van der Waals surface area contributed by atoms with Crippen molar-refractivity contribution in [2.75, 3.05) is 0 Å². The van der Waals surface area contributed by atoms with E-state index in [4.69, 9.17) is 15.5 Å². The van der Waals surface area contributed by atoms with E-state index in [9.17, 15) is 9.36 Å². The number of rotatable bonds is 4. The first-order valence-corrected chi connectivity index (χ1v) is 5.95. The topological polar surface area (TPSA) is 113 Å². The highest BCUT2D eigenvalue weighted by molar-refractivity contribution is 7.52. The maximum Gasteiger partial charge on any atom is 0.347 e. The molecule has 14 heavy (non-hydrogen) atoms. The van der Waals surface area contributed by atoms with Crippen LogP contribution in [-0.2, 0) is 9.36 Å². The minimum Gasteiger partial charge on any atom is -0.341 e. The minimum absolute atomic E-state index is 0.0704. The zero-order valence-electron chi connectivity index (χ0n) is 8.47. The van der Waals surface area contributed by atoms with Gasteiger partial charge in [0.1, 0.15) is 5.78 Å². The van der Waals surface area contributed by atoms with Crippen LogP contribution >= 0.6 is 7.60 Å². The molecule has 2 atom stereocenters. The number of amides is 1. The SMILES string of the molecule is CC(C)[C@H](N)C(=O)N[C@H](C)P(=O)(O)O. The summed E-state index contributed by atoms with van der Waals surface area (Å²) in [7, 11) is -4.27. The molecule has 0 saturated heterocycles. The van der Waals surface area contributed by atoms with E-state index >= 15 is 0 Å². The molecule has 0 aliphatic heterocycles. The van der Waals surface area contributed by atoms with Gasteiger partial charge in [0.05, 0.1) is 6.04 Å². The van der Waals surface area contributed by atoms with Crippen LogP contribution in [0.15, 0.2) is 0 Å². The highest BCUT2D eigenvalue weighted by atomic mass is 31.2. The van der Waals surface area contributed by atoms with Gasteiger partial charge in [-0.1, -0.05) is 13.8 Å². The Kier molecular flexibility index (Phi) is 4.74. The zero-order chi connectivity index (χ0) is 11.5. The standard InChI is InChI=1S/C7H17N2O4P/c1-4(2)6(8)7(10)9-5(3)14(11,12)13/h4-6H,8H2,1-3H3,(H,9,10)(H2,11,12,13)/t5-,6-/m0/s1. The molecule has 0 spiro atoms. The highest BCUT2D eigenvalue weighted by Gasteiger charge is 2.28. The lowest BCUT2D eigenvalue weighted by atomic mass is 10.1. The van der Waals surface area contributed by atoms with Gasteiger partial charge in [0.2, 0.25) is 5.91 Å². The summed E-state index contributed by atoms with van der Waals surface area (Å²) in [6, 6.07) is -0.746. The molecular weight excluding hydrogens is 207 g/mol. The molecule has 0 aromatic carbocycles. The molecule has 0 radical (unpaired) electrons. The maximum absolute atomic E-state index is 11.3. The number of carbonyl (C=O) groups is 1. The molecule has 0 saturated carbocycles. The monoisotopic (exact) mass is 224 g/mol. The first-order chi connectivity index (χ1) is 6.16. The number of carbonyl (C=O) groups excluding carboxylic acids is 1. The van der Waals surface area contributed by atoms with Crippen LogP contribution in [0.1, 0.15) is 20.8 Å². The van der Waals surface area contributed by atoms with E-state index in [0.717, 1.165) is 0 Å². The Labute approximate surface area is 83.0 Å². The Morgan fingerprint density at radius 1 is 1.36 bits per heavy atom. The van der Waals surface area contributed by atoms with E-state index < -0.39 is 25.3 Å². The van der Waals surface area contributed by atoms with Gasteiger partial charge < -0.3 is 20.8 Å². The maximum atomic E-state index is 11.3. The molecule has 5 N–H and O–H groups in total. The largest absolute Gasteiger partial charge is 0.347 e. The summed E-state index contributed by atoms with van der Waals surface area (Å²) >= 11 is 0. The number of hydrogen-bond acceptors (Lipinski definition) is 3. The first-order valence-electron chi connectivity index (χ1n) is 4.27. The normalized spacial score (nSPS) is 16.5. The van der Waals surface area contributed by atoms with Gasteiger partial charge in [-0.3, -0.25) is 9.36 Å². The molecule has 1 amide bonds. The Hall–Kier alpha value is -0.420. The molecule has 0 aromatic heterocycles. The minimum atomic E-state index is -4.27. The van der Waals surface area contributed by atoms with E-state index in [1.807, 2.05) is 0 Å². The van der Waals surface area contributed by atoms with Gasteiger partial charge in [-0.25, -0.2) is 0 Å². The third-order valence-corrected chi connectivity index (χ3v) is 3.01. The van der Waals surface area contributed by atoms with Crippen LogP contribution in [0.3, 0.4) is 0 Å². The summed E-state index contributed by atoms with van der Waals surface area (Å²) in [6.07, 6.45) is 0. The molecule has 0 fully saturated rings. The molecule has 0 heterocycles. The van der Waals surface area contributed by atoms with Crippen molar-refractivity contribution in [3.8, 4) is 0 Å². The van der Waals surface area contributed by atoms with E-state index in [0.29, 0.717) is 0 Å². The average molecular weight is 224 g/mol. The van der Waals surface area contributed by atoms with Crippen molar-refractivity contribution in [3.05, 3.63) is 0 Å². The van der Waals surface area contributed by atoms with Crippen molar-refractivity contribution in [2.24, 2.45) is 11.7 Å². The van der Waals surface area contributed by atoms with Crippen molar-refractivity contribution < 1.29 is 19.1 Å². The molecular formula is C7H17N2O4P. The highest BCUT2D eigenvalue weighted by Crippen LogP contribution is 2.39. The fraction of sp³-hybridized carbons (Fsp3) is 0.857. The van der Waals surface area contributed by atoms with Crippen LogP contribution in [0, 0.1) is 5.92 Å². The lowest BCUT2D eigenvalue weighted by Crippen LogP contribution is -2.46. The third-order valence-electron chi connectivity index (χ3n) is 1.88. The van der Waals surface area contributed by atoms with Gasteiger partial charge in [0.15, 0.2) is 0 Å². The average Bonchev–Trinajstić information content (AvgIpc) is 2.00. The van der Waals surface area contributed by atoms with Crippen molar-refractivity contribution in [2.45, 2.75) is 32.6 Å². The van der Waals surface area contributed by atoms with E-state index in [2.05, 4.69) is 5.32 Å². The van der Waals surface area contributed by atoms with Crippen LogP contribution in [0.4, 0.5) is 0 Å². The van der Waals surface area contributed by atoms with Gasteiger partial charge in [0.25, 0.3) is 0 Å². The van der Waals surface area contributed by atoms with Crippen molar-refractivity contribution >= 4 is 13.5 Å². The Balaban J connectivity index is 4.27. The summed E-state index contributed by atoms with van der Waals surface area (Å²) in [5, 5.41) is 2.17. The Morgan fingerprint density at radius 2 is 1.79 bits per heavy atom. The molecule has 0 unspecified atom stereocenters. The quantitative estimate of drug-likeness (QED) is 0.486. The lowest BCUT2D eigenvalue weighted by molar-refractivity contribution is -0.123. The van der Waals surface area contributed by atoms with Crippen LogP contribution in [0.5, 0.6) is 0 Å². The van der Waals surface area contributed by atoms with Crippen LogP contribution in [0.2, 0.25) is 0 Å². The Bertz CT molecular complexity index is 250. The van der Waals surface area contributed by atoms with Crippen molar-refractivity contribution in [3.63, 3.8) is 0 Å². The summed E-state index contributed by atoms with van der Waals surface area (Å²) in [6.45, 7) is 4.75. The molecule has 0 aliphatic rings. The van der Waals surface area contributed by atoms with E-state index in [-0.39, 0.29) is 5.92 Å². The molecule has 0 aliphatic carbocycles.